The average molecular weight is 298 g/mol. The quantitative estimate of drug-likeness (QED) is 0.616. The molecule has 1 heterocycles. The van der Waals surface area contributed by atoms with E-state index in [9.17, 15) is 0 Å². The fourth-order valence-electron chi connectivity index (χ4n) is 3.10. The molecule has 1 aromatic rings. The van der Waals surface area contributed by atoms with Gasteiger partial charge in [0.25, 0.3) is 0 Å². The van der Waals surface area contributed by atoms with E-state index in [0.29, 0.717) is 5.92 Å². The molecule has 1 fully saturated rings. The maximum atomic E-state index is 4.38. The summed E-state index contributed by atoms with van der Waals surface area (Å²) in [5.41, 5.74) is 6.86. The molecule has 1 atom stereocenters. The molecule has 0 radical (unpaired) electrons. The molecule has 2 rings (SSSR count). The zero-order valence-electron chi connectivity index (χ0n) is 13.6. The average Bonchev–Trinajstić information content (AvgIpc) is 2.44. The Labute approximate surface area is 134 Å². The monoisotopic (exact) mass is 298 g/mol. The van der Waals surface area contributed by atoms with E-state index < -0.39 is 0 Å². The van der Waals surface area contributed by atoms with Crippen LogP contribution >= 0.6 is 11.8 Å². The normalized spacial score (nSPS) is 18.9. The van der Waals surface area contributed by atoms with Gasteiger partial charge in [-0.15, -0.1) is 0 Å². The number of hydrogen-bond donors (Lipinski definition) is 0. The first-order valence-electron chi connectivity index (χ1n) is 7.75. The second-order valence-electron chi connectivity index (χ2n) is 6.04. The van der Waals surface area contributed by atoms with Crippen molar-refractivity contribution in [2.45, 2.75) is 46.5 Å². The molecule has 1 aliphatic rings. The Kier molecular flexibility index (Phi) is 5.16. The summed E-state index contributed by atoms with van der Waals surface area (Å²) in [5.74, 6) is 0.541. The van der Waals surface area contributed by atoms with Crippen molar-refractivity contribution < 1.29 is 0 Å². The lowest BCUT2D eigenvalue weighted by Gasteiger charge is -2.27. The fraction of sp³-hybridized carbons (Fsp3) is 0.400. The van der Waals surface area contributed by atoms with E-state index in [-0.39, 0.29) is 0 Å². The molecule has 21 heavy (non-hydrogen) atoms. The summed E-state index contributed by atoms with van der Waals surface area (Å²) in [6.45, 7) is 19.3. The van der Waals surface area contributed by atoms with E-state index in [0.717, 1.165) is 25.7 Å². The highest BCUT2D eigenvalue weighted by molar-refractivity contribution is 8.06. The second kappa shape index (κ2) is 6.70. The van der Waals surface area contributed by atoms with E-state index in [1.54, 1.807) is 11.8 Å². The molecule has 0 amide bonds. The molecule has 0 aromatic heterocycles. The van der Waals surface area contributed by atoms with Gasteiger partial charge in [-0.3, -0.25) is 0 Å². The van der Waals surface area contributed by atoms with Gasteiger partial charge in [-0.25, -0.2) is 0 Å². The Morgan fingerprint density at radius 2 is 2.00 bits per heavy atom. The van der Waals surface area contributed by atoms with Crippen LogP contribution in [0.3, 0.4) is 0 Å². The van der Waals surface area contributed by atoms with Crippen molar-refractivity contribution in [1.29, 1.82) is 0 Å². The largest absolute Gasteiger partial charge is 0.0999 e. The third-order valence-electron chi connectivity index (χ3n) is 4.60. The van der Waals surface area contributed by atoms with Gasteiger partial charge in [-0.05, 0) is 83.1 Å². The molecule has 1 aliphatic heterocycles. The van der Waals surface area contributed by atoms with E-state index in [4.69, 9.17) is 0 Å². The summed E-state index contributed by atoms with van der Waals surface area (Å²) in [7, 11) is 0. The van der Waals surface area contributed by atoms with Crippen molar-refractivity contribution >= 4 is 17.3 Å². The van der Waals surface area contributed by atoms with Gasteiger partial charge in [0, 0.05) is 0 Å². The lowest BCUT2D eigenvalue weighted by molar-refractivity contribution is 0.596. The van der Waals surface area contributed by atoms with Crippen LogP contribution in [0.5, 0.6) is 0 Å². The van der Waals surface area contributed by atoms with Crippen molar-refractivity contribution in [3.63, 3.8) is 0 Å². The maximum Gasteiger partial charge on any atom is -0.00606 e. The Balaban J connectivity index is 2.19. The predicted molar refractivity (Wildman–Crippen MR) is 97.5 cm³/mol. The van der Waals surface area contributed by atoms with E-state index in [2.05, 4.69) is 52.6 Å². The summed E-state index contributed by atoms with van der Waals surface area (Å²) in [4.78, 5) is 2.51. The van der Waals surface area contributed by atoms with Gasteiger partial charge >= 0.3 is 0 Å². The van der Waals surface area contributed by atoms with Crippen LogP contribution in [0.4, 0.5) is 0 Å². The van der Waals surface area contributed by atoms with Gasteiger partial charge in [0.05, 0.1) is 0 Å². The zero-order valence-corrected chi connectivity index (χ0v) is 14.4. The molecule has 0 N–H and O–H groups in total. The maximum absolute atomic E-state index is 4.38. The molecular formula is C20H26S. The van der Waals surface area contributed by atoms with Gasteiger partial charge in [-0.1, -0.05) is 50.6 Å². The third-order valence-corrected chi connectivity index (χ3v) is 5.69. The van der Waals surface area contributed by atoms with Crippen LogP contribution in [0, 0.1) is 19.8 Å². The lowest BCUT2D eigenvalue weighted by atomic mass is 9.86. The van der Waals surface area contributed by atoms with Crippen LogP contribution in [0.1, 0.15) is 48.4 Å². The number of thioether (sulfide) groups is 1. The molecule has 1 heteroatoms. The van der Waals surface area contributed by atoms with E-state index in [1.807, 2.05) is 0 Å². The highest BCUT2D eigenvalue weighted by atomic mass is 32.2. The first-order valence-corrected chi connectivity index (χ1v) is 8.57. The highest BCUT2D eigenvalue weighted by Crippen LogP contribution is 2.43. The van der Waals surface area contributed by atoms with Crippen LogP contribution in [0.15, 0.2) is 41.7 Å². The first-order chi connectivity index (χ1) is 9.93. The van der Waals surface area contributed by atoms with Crippen LogP contribution < -0.4 is 0 Å². The van der Waals surface area contributed by atoms with E-state index in [1.165, 1.54) is 37.6 Å². The number of hydrogen-bond acceptors (Lipinski definition) is 1. The molecule has 0 nitrogen and oxygen atoms in total. The van der Waals surface area contributed by atoms with Gasteiger partial charge in [0.15, 0.2) is 0 Å². The Bertz CT molecular complexity index is 592. The second-order valence-corrected chi connectivity index (χ2v) is 7.34. The van der Waals surface area contributed by atoms with Crippen LogP contribution in [0.25, 0.3) is 5.57 Å². The summed E-state index contributed by atoms with van der Waals surface area (Å²) < 4.78 is 0. The van der Waals surface area contributed by atoms with Crippen molar-refractivity contribution in [2.24, 2.45) is 5.92 Å². The summed E-state index contributed by atoms with van der Waals surface area (Å²) >= 11 is 1.77. The zero-order chi connectivity index (χ0) is 15.6. The Hall–Kier alpha value is -1.21. The van der Waals surface area contributed by atoms with Crippen LogP contribution in [-0.2, 0) is 6.42 Å². The SMILES string of the molecule is C=C1CCC(CC(=C)c2ccc(C)c(C)c2CC)C(=C)S1. The van der Waals surface area contributed by atoms with Crippen molar-refractivity contribution in [2.75, 3.05) is 0 Å². The van der Waals surface area contributed by atoms with Crippen molar-refractivity contribution in [1.82, 2.24) is 0 Å². The molecule has 1 aromatic carbocycles. The molecule has 0 spiro atoms. The van der Waals surface area contributed by atoms with Gasteiger partial charge < -0.3 is 0 Å². The number of allylic oxidation sites excluding steroid dienone is 3. The standard InChI is InChI=1S/C20H26S/c1-7-19-16(5)13(2)8-11-20(19)14(3)12-18-10-9-15(4)21-17(18)6/h8,11,18H,3-4,6-7,9-10,12H2,1-2,5H3. The Morgan fingerprint density at radius 3 is 2.62 bits per heavy atom. The minimum Gasteiger partial charge on any atom is -0.0999 e. The summed E-state index contributed by atoms with van der Waals surface area (Å²) in [5, 5.41) is 0. The number of benzene rings is 1. The third kappa shape index (κ3) is 3.52. The molecule has 1 unspecified atom stereocenters. The highest BCUT2D eigenvalue weighted by Gasteiger charge is 2.22. The Morgan fingerprint density at radius 1 is 1.29 bits per heavy atom. The topological polar surface area (TPSA) is 0 Å². The first kappa shape index (κ1) is 16.2. The summed E-state index contributed by atoms with van der Waals surface area (Å²) in [6, 6.07) is 4.47. The molecule has 1 saturated heterocycles. The fourth-order valence-corrected chi connectivity index (χ4v) is 4.06. The van der Waals surface area contributed by atoms with Crippen molar-refractivity contribution in [3.05, 3.63) is 63.9 Å². The van der Waals surface area contributed by atoms with Crippen LogP contribution in [0.2, 0.25) is 0 Å². The smallest absolute Gasteiger partial charge is 0.00606 e. The molecular weight excluding hydrogens is 272 g/mol. The van der Waals surface area contributed by atoms with Gasteiger partial charge in [0.2, 0.25) is 0 Å². The molecule has 0 aliphatic carbocycles. The van der Waals surface area contributed by atoms with Crippen molar-refractivity contribution in [3.8, 4) is 0 Å². The van der Waals surface area contributed by atoms with E-state index >= 15 is 0 Å². The number of aryl methyl sites for hydroxylation is 1. The van der Waals surface area contributed by atoms with Gasteiger partial charge in [-0.2, -0.15) is 0 Å². The number of rotatable bonds is 4. The van der Waals surface area contributed by atoms with Gasteiger partial charge in [0.1, 0.15) is 0 Å². The minimum absolute atomic E-state index is 0.541. The molecule has 112 valence electrons. The molecule has 0 bridgehead atoms. The predicted octanol–water partition coefficient (Wildman–Crippen LogP) is 6.44. The minimum atomic E-state index is 0.541. The molecule has 0 saturated carbocycles. The summed E-state index contributed by atoms with van der Waals surface area (Å²) in [6.07, 6.45) is 4.36. The van der Waals surface area contributed by atoms with Crippen LogP contribution in [-0.4, -0.2) is 0 Å². The lowest BCUT2D eigenvalue weighted by Crippen LogP contribution is -2.08.